The van der Waals surface area contributed by atoms with Crippen LogP contribution in [-0.4, -0.2) is 27.9 Å². The van der Waals surface area contributed by atoms with Gasteiger partial charge in [0.25, 0.3) is 0 Å². The van der Waals surface area contributed by atoms with Crippen molar-refractivity contribution in [3.63, 3.8) is 0 Å². The maximum absolute atomic E-state index is 12.0. The fraction of sp³-hybridized carbons (Fsp3) is 0.200. The Hall–Kier alpha value is -2.76. The fourth-order valence-corrected chi connectivity index (χ4v) is 2.59. The molecule has 0 saturated carbocycles. The van der Waals surface area contributed by atoms with Crippen molar-refractivity contribution in [2.45, 2.75) is 18.8 Å². The molecule has 1 aliphatic rings. The summed E-state index contributed by atoms with van der Waals surface area (Å²) in [7, 11) is 0. The minimum absolute atomic E-state index is 0.155. The number of carboxylic acids is 1. The van der Waals surface area contributed by atoms with E-state index in [2.05, 4.69) is 10.3 Å². The van der Waals surface area contributed by atoms with Gasteiger partial charge in [-0.05, 0) is 29.5 Å². The van der Waals surface area contributed by atoms with E-state index in [1.807, 2.05) is 0 Å². The molecule has 106 valence electrons. The van der Waals surface area contributed by atoms with Crippen LogP contribution in [0.2, 0.25) is 0 Å². The van der Waals surface area contributed by atoms with Gasteiger partial charge in [-0.15, -0.1) is 0 Å². The maximum atomic E-state index is 12.0. The molecule has 1 aromatic carbocycles. The van der Waals surface area contributed by atoms with Crippen LogP contribution in [0.25, 0.3) is 10.8 Å². The number of hydrogen-bond donors (Lipinski definition) is 2. The molecule has 3 rings (SSSR count). The van der Waals surface area contributed by atoms with Gasteiger partial charge in [0.05, 0.1) is 11.5 Å². The molecule has 2 N–H and O–H groups in total. The average molecular weight is 284 g/mol. The molecule has 0 radical (unpaired) electrons. The largest absolute Gasteiger partial charge is 0.478 e. The number of pyridine rings is 1. The molecule has 1 atom stereocenters. The van der Waals surface area contributed by atoms with E-state index >= 15 is 0 Å². The van der Waals surface area contributed by atoms with Crippen molar-refractivity contribution >= 4 is 28.6 Å². The van der Waals surface area contributed by atoms with Crippen molar-refractivity contribution in [1.82, 2.24) is 10.3 Å². The zero-order chi connectivity index (χ0) is 15.0. The Balaban J connectivity index is 2.13. The first kappa shape index (κ1) is 13.2. The Bertz CT molecular complexity index is 769. The van der Waals surface area contributed by atoms with Crippen LogP contribution < -0.4 is 5.32 Å². The molecule has 1 saturated heterocycles. The Kier molecular flexibility index (Phi) is 3.13. The Morgan fingerprint density at radius 2 is 2.10 bits per heavy atom. The van der Waals surface area contributed by atoms with Gasteiger partial charge in [0, 0.05) is 24.2 Å². The topological polar surface area (TPSA) is 96.4 Å². The summed E-state index contributed by atoms with van der Waals surface area (Å²) in [4.78, 5) is 38.4. The zero-order valence-corrected chi connectivity index (χ0v) is 11.0. The van der Waals surface area contributed by atoms with E-state index in [0.29, 0.717) is 17.4 Å². The zero-order valence-electron chi connectivity index (χ0n) is 11.0. The summed E-state index contributed by atoms with van der Waals surface area (Å²) in [5, 5.41) is 12.8. The smallest absolute Gasteiger partial charge is 0.335 e. The standard InChI is InChI=1S/C15H12N2O4/c18-13-4-3-10(14(19)17-13)12-7-16-6-9-2-1-8(15(20)21)5-11(9)12/h1-2,5-7,10H,3-4H2,(H,20,21)(H,17,18,19). The van der Waals surface area contributed by atoms with E-state index in [1.165, 1.54) is 6.07 Å². The molecule has 0 bridgehead atoms. The van der Waals surface area contributed by atoms with Gasteiger partial charge in [0.15, 0.2) is 0 Å². The minimum atomic E-state index is -1.03. The molecule has 1 unspecified atom stereocenters. The van der Waals surface area contributed by atoms with Crippen LogP contribution in [0.1, 0.15) is 34.7 Å². The highest BCUT2D eigenvalue weighted by Crippen LogP contribution is 2.30. The van der Waals surface area contributed by atoms with Crippen LogP contribution in [0.3, 0.4) is 0 Å². The SMILES string of the molecule is O=C1CCC(c2cncc3ccc(C(=O)O)cc23)C(=O)N1. The molecular weight excluding hydrogens is 272 g/mol. The molecule has 2 amide bonds. The Labute approximate surface area is 119 Å². The predicted octanol–water partition coefficient (Wildman–Crippen LogP) is 1.45. The lowest BCUT2D eigenvalue weighted by Crippen LogP contribution is -2.39. The molecule has 6 heteroatoms. The molecule has 1 fully saturated rings. The van der Waals surface area contributed by atoms with Crippen LogP contribution in [-0.2, 0) is 9.59 Å². The van der Waals surface area contributed by atoms with Gasteiger partial charge in [0.2, 0.25) is 11.8 Å². The van der Waals surface area contributed by atoms with Crippen molar-refractivity contribution in [1.29, 1.82) is 0 Å². The number of benzene rings is 1. The molecule has 0 spiro atoms. The molecule has 2 heterocycles. The summed E-state index contributed by atoms with van der Waals surface area (Å²) in [6, 6.07) is 4.71. The van der Waals surface area contributed by atoms with Crippen LogP contribution in [0, 0.1) is 0 Å². The van der Waals surface area contributed by atoms with E-state index in [-0.39, 0.29) is 23.8 Å². The number of imide groups is 1. The minimum Gasteiger partial charge on any atom is -0.478 e. The monoisotopic (exact) mass is 284 g/mol. The van der Waals surface area contributed by atoms with Gasteiger partial charge in [-0.2, -0.15) is 0 Å². The second-order valence-corrected chi connectivity index (χ2v) is 4.97. The van der Waals surface area contributed by atoms with Crippen LogP contribution in [0.5, 0.6) is 0 Å². The van der Waals surface area contributed by atoms with Crippen molar-refractivity contribution < 1.29 is 19.5 Å². The van der Waals surface area contributed by atoms with Gasteiger partial charge in [-0.1, -0.05) is 6.07 Å². The normalized spacial score (nSPS) is 18.6. The third-order valence-electron chi connectivity index (χ3n) is 3.65. The molecule has 1 aromatic heterocycles. The number of amides is 2. The second-order valence-electron chi connectivity index (χ2n) is 4.97. The molecule has 6 nitrogen and oxygen atoms in total. The third-order valence-corrected chi connectivity index (χ3v) is 3.65. The second kappa shape index (κ2) is 4.97. The fourth-order valence-electron chi connectivity index (χ4n) is 2.59. The maximum Gasteiger partial charge on any atom is 0.335 e. The van der Waals surface area contributed by atoms with E-state index in [0.717, 1.165) is 5.39 Å². The third kappa shape index (κ3) is 2.35. The number of carbonyl (C=O) groups is 3. The van der Waals surface area contributed by atoms with Crippen molar-refractivity contribution in [3.05, 3.63) is 41.7 Å². The van der Waals surface area contributed by atoms with Gasteiger partial charge < -0.3 is 5.11 Å². The lowest BCUT2D eigenvalue weighted by Gasteiger charge is -2.22. The highest BCUT2D eigenvalue weighted by atomic mass is 16.4. The number of fused-ring (bicyclic) bond motifs is 1. The Morgan fingerprint density at radius 3 is 2.81 bits per heavy atom. The summed E-state index contributed by atoms with van der Waals surface area (Å²) in [6.07, 6.45) is 3.86. The van der Waals surface area contributed by atoms with Gasteiger partial charge in [-0.3, -0.25) is 19.9 Å². The first-order valence-electron chi connectivity index (χ1n) is 6.51. The summed E-state index contributed by atoms with van der Waals surface area (Å²) in [5.41, 5.74) is 0.808. The van der Waals surface area contributed by atoms with Gasteiger partial charge in [0.1, 0.15) is 0 Å². The lowest BCUT2D eigenvalue weighted by molar-refractivity contribution is -0.134. The molecule has 21 heavy (non-hydrogen) atoms. The molecular formula is C15H12N2O4. The average Bonchev–Trinajstić information content (AvgIpc) is 2.46. The van der Waals surface area contributed by atoms with E-state index in [9.17, 15) is 14.4 Å². The van der Waals surface area contributed by atoms with Crippen LogP contribution in [0.4, 0.5) is 0 Å². The number of carbonyl (C=O) groups excluding carboxylic acids is 2. The van der Waals surface area contributed by atoms with Gasteiger partial charge >= 0.3 is 5.97 Å². The predicted molar refractivity (Wildman–Crippen MR) is 73.8 cm³/mol. The number of aromatic nitrogens is 1. The van der Waals surface area contributed by atoms with E-state index in [1.54, 1.807) is 24.5 Å². The number of rotatable bonds is 2. The summed E-state index contributed by atoms with van der Waals surface area (Å²) in [6.45, 7) is 0. The Morgan fingerprint density at radius 1 is 1.29 bits per heavy atom. The van der Waals surface area contributed by atoms with Crippen molar-refractivity contribution in [2.75, 3.05) is 0 Å². The summed E-state index contributed by atoms with van der Waals surface area (Å²) < 4.78 is 0. The van der Waals surface area contributed by atoms with E-state index < -0.39 is 11.9 Å². The van der Waals surface area contributed by atoms with Gasteiger partial charge in [-0.25, -0.2) is 4.79 Å². The molecule has 0 aliphatic carbocycles. The van der Waals surface area contributed by atoms with Crippen molar-refractivity contribution in [3.8, 4) is 0 Å². The molecule has 1 aliphatic heterocycles. The van der Waals surface area contributed by atoms with E-state index in [4.69, 9.17) is 5.11 Å². The number of hydrogen-bond acceptors (Lipinski definition) is 4. The summed E-state index contributed by atoms with van der Waals surface area (Å²) in [5.74, 6) is -2.15. The number of nitrogens with zero attached hydrogens (tertiary/aromatic N) is 1. The number of aromatic carboxylic acids is 1. The van der Waals surface area contributed by atoms with Crippen LogP contribution >= 0.6 is 0 Å². The molecule has 2 aromatic rings. The first-order valence-corrected chi connectivity index (χ1v) is 6.51. The lowest BCUT2D eigenvalue weighted by atomic mass is 9.88. The number of carboxylic acid groups (broad SMARTS) is 1. The van der Waals surface area contributed by atoms with Crippen LogP contribution in [0.15, 0.2) is 30.6 Å². The first-order chi connectivity index (χ1) is 10.1. The van der Waals surface area contributed by atoms with Crippen molar-refractivity contribution in [2.24, 2.45) is 0 Å². The highest BCUT2D eigenvalue weighted by molar-refractivity contribution is 6.03. The summed E-state index contributed by atoms with van der Waals surface area (Å²) >= 11 is 0. The quantitative estimate of drug-likeness (QED) is 0.814. The number of nitrogens with one attached hydrogen (secondary N) is 1. The highest BCUT2D eigenvalue weighted by Gasteiger charge is 2.29. The number of piperidine rings is 1.